The fourth-order valence-electron chi connectivity index (χ4n) is 2.56. The van der Waals surface area contributed by atoms with Crippen molar-refractivity contribution in [2.24, 2.45) is 5.41 Å². The number of rotatable bonds is 4. The fourth-order valence-corrected chi connectivity index (χ4v) is 2.56. The Kier molecular flexibility index (Phi) is 3.66. The number of piperidine rings is 1. The molecule has 2 heterocycles. The lowest BCUT2D eigenvalue weighted by atomic mass is 9.80. The van der Waals surface area contributed by atoms with E-state index in [1.807, 2.05) is 12.1 Å². The summed E-state index contributed by atoms with van der Waals surface area (Å²) in [7, 11) is 2.18. The minimum absolute atomic E-state index is 0.465. The Morgan fingerprint density at radius 1 is 1.44 bits per heavy atom. The van der Waals surface area contributed by atoms with E-state index in [1.54, 1.807) is 6.26 Å². The molecular formula is C13H22N2O. The smallest absolute Gasteiger partial charge is 0.117 e. The molecule has 16 heavy (non-hydrogen) atoms. The lowest BCUT2D eigenvalue weighted by Crippen LogP contribution is -2.41. The third-order valence-corrected chi connectivity index (χ3v) is 3.47. The number of hydrogen-bond acceptors (Lipinski definition) is 3. The average Bonchev–Trinajstić information content (AvgIpc) is 2.70. The van der Waals surface area contributed by atoms with Gasteiger partial charge in [-0.2, -0.15) is 0 Å². The molecule has 1 fully saturated rings. The van der Waals surface area contributed by atoms with Gasteiger partial charge in [0.2, 0.25) is 0 Å². The maximum Gasteiger partial charge on any atom is 0.117 e. The molecule has 1 aromatic rings. The Labute approximate surface area is 97.8 Å². The van der Waals surface area contributed by atoms with Gasteiger partial charge in [-0.05, 0) is 50.5 Å². The molecule has 0 aromatic carbocycles. The topological polar surface area (TPSA) is 28.4 Å². The van der Waals surface area contributed by atoms with Gasteiger partial charge in [-0.3, -0.25) is 4.90 Å². The molecule has 1 aliphatic rings. The summed E-state index contributed by atoms with van der Waals surface area (Å²) in [5.41, 5.74) is 0.465. The lowest BCUT2D eigenvalue weighted by Gasteiger charge is -2.37. The molecule has 0 amide bonds. The minimum Gasteiger partial charge on any atom is -0.468 e. The van der Waals surface area contributed by atoms with Gasteiger partial charge in [0.05, 0.1) is 12.8 Å². The number of furan rings is 1. The highest BCUT2D eigenvalue weighted by Crippen LogP contribution is 2.28. The number of hydrogen-bond donors (Lipinski definition) is 1. The van der Waals surface area contributed by atoms with Crippen molar-refractivity contribution in [2.45, 2.75) is 26.3 Å². The van der Waals surface area contributed by atoms with Crippen LogP contribution in [0.5, 0.6) is 0 Å². The minimum atomic E-state index is 0.465. The predicted octanol–water partition coefficient (Wildman–Crippen LogP) is 2.10. The van der Waals surface area contributed by atoms with Gasteiger partial charge in [0, 0.05) is 6.54 Å². The molecule has 1 N–H and O–H groups in total. The van der Waals surface area contributed by atoms with Crippen LogP contribution in [0.3, 0.4) is 0 Å². The van der Waals surface area contributed by atoms with E-state index < -0.39 is 0 Å². The van der Waals surface area contributed by atoms with Crippen LogP contribution in [0.15, 0.2) is 22.8 Å². The van der Waals surface area contributed by atoms with Crippen LogP contribution in [0.1, 0.15) is 25.5 Å². The summed E-state index contributed by atoms with van der Waals surface area (Å²) in [6.45, 7) is 6.77. The summed E-state index contributed by atoms with van der Waals surface area (Å²) in [5.74, 6) is 1.06. The van der Waals surface area contributed by atoms with Crippen LogP contribution in [0, 0.1) is 5.41 Å². The van der Waals surface area contributed by atoms with Crippen molar-refractivity contribution in [1.82, 2.24) is 10.2 Å². The summed E-state index contributed by atoms with van der Waals surface area (Å²) < 4.78 is 5.37. The van der Waals surface area contributed by atoms with E-state index in [0.29, 0.717) is 5.41 Å². The summed E-state index contributed by atoms with van der Waals surface area (Å²) >= 11 is 0. The zero-order valence-corrected chi connectivity index (χ0v) is 10.3. The van der Waals surface area contributed by atoms with Crippen molar-refractivity contribution < 1.29 is 4.42 Å². The Bertz CT molecular complexity index is 302. The Morgan fingerprint density at radius 3 is 2.81 bits per heavy atom. The van der Waals surface area contributed by atoms with Crippen molar-refractivity contribution >= 4 is 0 Å². The van der Waals surface area contributed by atoms with Gasteiger partial charge < -0.3 is 9.73 Å². The van der Waals surface area contributed by atoms with Gasteiger partial charge in [-0.1, -0.05) is 6.92 Å². The zero-order chi connectivity index (χ0) is 11.4. The van der Waals surface area contributed by atoms with E-state index in [0.717, 1.165) is 31.9 Å². The SMILES string of the molecule is CN(Cc1ccco1)CC1(C)CCNCC1. The van der Waals surface area contributed by atoms with Crippen molar-refractivity contribution in [1.29, 1.82) is 0 Å². The van der Waals surface area contributed by atoms with E-state index >= 15 is 0 Å². The summed E-state index contributed by atoms with van der Waals surface area (Å²) in [6, 6.07) is 4.00. The first-order valence-electron chi connectivity index (χ1n) is 6.10. The maximum absolute atomic E-state index is 5.37. The average molecular weight is 222 g/mol. The maximum atomic E-state index is 5.37. The number of nitrogens with one attached hydrogen (secondary N) is 1. The van der Waals surface area contributed by atoms with Gasteiger partial charge in [0.1, 0.15) is 5.76 Å². The second-order valence-electron chi connectivity index (χ2n) is 5.31. The van der Waals surface area contributed by atoms with E-state index in [1.165, 1.54) is 12.8 Å². The molecule has 1 aromatic heterocycles. The van der Waals surface area contributed by atoms with Crippen LogP contribution in [-0.4, -0.2) is 31.6 Å². The molecule has 3 nitrogen and oxygen atoms in total. The monoisotopic (exact) mass is 222 g/mol. The molecule has 0 spiro atoms. The standard InChI is InChI=1S/C13H22N2O/c1-13(5-7-14-8-6-13)11-15(2)10-12-4-3-9-16-12/h3-4,9,14H,5-8,10-11H2,1-2H3. The summed E-state index contributed by atoms with van der Waals surface area (Å²) in [6.07, 6.45) is 4.29. The van der Waals surface area contributed by atoms with E-state index in [2.05, 4.69) is 24.2 Å². The molecule has 0 atom stereocenters. The third kappa shape index (κ3) is 3.09. The van der Waals surface area contributed by atoms with Crippen LogP contribution in [0.25, 0.3) is 0 Å². The molecule has 90 valence electrons. The van der Waals surface area contributed by atoms with E-state index in [9.17, 15) is 0 Å². The fraction of sp³-hybridized carbons (Fsp3) is 0.692. The van der Waals surface area contributed by atoms with E-state index in [4.69, 9.17) is 4.42 Å². The highest BCUT2D eigenvalue weighted by molar-refractivity contribution is 4.98. The van der Waals surface area contributed by atoms with Crippen molar-refractivity contribution in [2.75, 3.05) is 26.7 Å². The molecular weight excluding hydrogens is 200 g/mol. The van der Waals surface area contributed by atoms with Crippen molar-refractivity contribution in [3.8, 4) is 0 Å². The molecule has 0 bridgehead atoms. The predicted molar refractivity (Wildman–Crippen MR) is 65.3 cm³/mol. The first-order chi connectivity index (χ1) is 7.68. The number of nitrogens with zero attached hydrogens (tertiary/aromatic N) is 1. The van der Waals surface area contributed by atoms with Crippen molar-refractivity contribution in [3.05, 3.63) is 24.2 Å². The third-order valence-electron chi connectivity index (χ3n) is 3.47. The lowest BCUT2D eigenvalue weighted by molar-refractivity contribution is 0.138. The highest BCUT2D eigenvalue weighted by Gasteiger charge is 2.27. The van der Waals surface area contributed by atoms with Crippen LogP contribution in [0.4, 0.5) is 0 Å². The van der Waals surface area contributed by atoms with Gasteiger partial charge in [-0.25, -0.2) is 0 Å². The Hall–Kier alpha value is -0.800. The molecule has 0 saturated carbocycles. The molecule has 1 saturated heterocycles. The van der Waals surface area contributed by atoms with Crippen LogP contribution < -0.4 is 5.32 Å². The zero-order valence-electron chi connectivity index (χ0n) is 10.3. The van der Waals surface area contributed by atoms with Gasteiger partial charge in [0.15, 0.2) is 0 Å². The Balaban J connectivity index is 1.84. The molecule has 2 rings (SSSR count). The second kappa shape index (κ2) is 5.02. The Morgan fingerprint density at radius 2 is 2.19 bits per heavy atom. The van der Waals surface area contributed by atoms with Crippen LogP contribution >= 0.6 is 0 Å². The quantitative estimate of drug-likeness (QED) is 0.845. The summed E-state index contributed by atoms with van der Waals surface area (Å²) in [4.78, 5) is 2.37. The molecule has 1 aliphatic heterocycles. The van der Waals surface area contributed by atoms with Crippen LogP contribution in [0.2, 0.25) is 0 Å². The first kappa shape index (κ1) is 11.7. The normalized spacial score (nSPS) is 20.2. The van der Waals surface area contributed by atoms with Crippen molar-refractivity contribution in [3.63, 3.8) is 0 Å². The molecule has 3 heteroatoms. The molecule has 0 unspecified atom stereocenters. The van der Waals surface area contributed by atoms with E-state index in [-0.39, 0.29) is 0 Å². The summed E-state index contributed by atoms with van der Waals surface area (Å²) in [5, 5.41) is 3.42. The first-order valence-corrected chi connectivity index (χ1v) is 6.10. The van der Waals surface area contributed by atoms with Gasteiger partial charge in [-0.15, -0.1) is 0 Å². The van der Waals surface area contributed by atoms with Gasteiger partial charge >= 0.3 is 0 Å². The molecule has 0 aliphatic carbocycles. The van der Waals surface area contributed by atoms with Gasteiger partial charge in [0.25, 0.3) is 0 Å². The highest BCUT2D eigenvalue weighted by atomic mass is 16.3. The largest absolute Gasteiger partial charge is 0.468 e. The second-order valence-corrected chi connectivity index (χ2v) is 5.31. The molecule has 0 radical (unpaired) electrons. The van der Waals surface area contributed by atoms with Crippen LogP contribution in [-0.2, 0) is 6.54 Å².